The zero-order chi connectivity index (χ0) is 11.3. The lowest BCUT2D eigenvalue weighted by Crippen LogP contribution is -2.51. The number of carbonyl (C=O) groups excluding carboxylic acids is 1. The smallest absolute Gasteiger partial charge is 0.222 e. The van der Waals surface area contributed by atoms with Gasteiger partial charge in [-0.15, -0.1) is 0 Å². The van der Waals surface area contributed by atoms with E-state index in [-0.39, 0.29) is 12.0 Å². The van der Waals surface area contributed by atoms with Crippen LogP contribution in [0.15, 0.2) is 0 Å². The van der Waals surface area contributed by atoms with Crippen LogP contribution in [0.5, 0.6) is 0 Å². The Morgan fingerprint density at radius 2 is 2.40 bits per heavy atom. The molecule has 0 aromatic heterocycles. The fourth-order valence-corrected chi connectivity index (χ4v) is 1.76. The first-order valence-electron chi connectivity index (χ1n) is 5.67. The van der Waals surface area contributed by atoms with Gasteiger partial charge >= 0.3 is 0 Å². The molecule has 1 aliphatic heterocycles. The number of amides is 1. The first kappa shape index (κ1) is 12.5. The summed E-state index contributed by atoms with van der Waals surface area (Å²) in [4.78, 5) is 13.8. The number of hydrogen-bond donors (Lipinski definition) is 1. The van der Waals surface area contributed by atoms with Crippen molar-refractivity contribution in [1.29, 1.82) is 0 Å². The van der Waals surface area contributed by atoms with E-state index in [1.807, 2.05) is 11.8 Å². The highest BCUT2D eigenvalue weighted by Gasteiger charge is 2.20. The van der Waals surface area contributed by atoms with E-state index in [9.17, 15) is 4.79 Å². The van der Waals surface area contributed by atoms with Gasteiger partial charge in [-0.05, 0) is 20.3 Å². The Morgan fingerprint density at radius 3 is 3.00 bits per heavy atom. The first-order valence-corrected chi connectivity index (χ1v) is 5.67. The second-order valence-electron chi connectivity index (χ2n) is 4.28. The summed E-state index contributed by atoms with van der Waals surface area (Å²) < 4.78 is 5.13. The minimum atomic E-state index is 0.175. The van der Waals surface area contributed by atoms with Crippen molar-refractivity contribution in [2.75, 3.05) is 26.7 Å². The van der Waals surface area contributed by atoms with Crippen LogP contribution < -0.4 is 5.32 Å². The highest BCUT2D eigenvalue weighted by atomic mass is 16.5. The van der Waals surface area contributed by atoms with Crippen molar-refractivity contribution >= 4 is 5.91 Å². The third-order valence-electron chi connectivity index (χ3n) is 2.89. The molecule has 1 fully saturated rings. The molecule has 1 saturated heterocycles. The average Bonchev–Trinajstić information content (AvgIpc) is 2.25. The largest absolute Gasteiger partial charge is 0.382 e. The zero-order valence-corrected chi connectivity index (χ0v) is 9.95. The van der Waals surface area contributed by atoms with Crippen LogP contribution in [0.3, 0.4) is 0 Å². The molecule has 0 radical (unpaired) electrons. The summed E-state index contributed by atoms with van der Waals surface area (Å²) in [5.74, 6) is 0.257. The van der Waals surface area contributed by atoms with Gasteiger partial charge in [0.15, 0.2) is 0 Å². The molecule has 0 aromatic carbocycles. The maximum absolute atomic E-state index is 11.8. The Bertz CT molecular complexity index is 209. The molecule has 1 unspecified atom stereocenters. The third-order valence-corrected chi connectivity index (χ3v) is 2.89. The van der Waals surface area contributed by atoms with Gasteiger partial charge < -0.3 is 15.0 Å². The number of methoxy groups -OCH3 is 1. The minimum absolute atomic E-state index is 0.175. The normalized spacial score (nSPS) is 23.9. The van der Waals surface area contributed by atoms with Gasteiger partial charge in [-0.3, -0.25) is 4.79 Å². The maximum Gasteiger partial charge on any atom is 0.222 e. The van der Waals surface area contributed by atoms with Crippen molar-refractivity contribution in [3.8, 4) is 0 Å². The summed E-state index contributed by atoms with van der Waals surface area (Å²) in [7, 11) is 1.68. The monoisotopic (exact) mass is 214 g/mol. The zero-order valence-electron chi connectivity index (χ0n) is 9.95. The summed E-state index contributed by atoms with van der Waals surface area (Å²) in [5.41, 5.74) is 0. The van der Waals surface area contributed by atoms with Crippen LogP contribution in [0.25, 0.3) is 0 Å². The van der Waals surface area contributed by atoms with Crippen LogP contribution in [-0.2, 0) is 9.53 Å². The molecular formula is C11H22N2O2. The molecule has 0 aromatic rings. The number of hydrogen-bond acceptors (Lipinski definition) is 3. The van der Waals surface area contributed by atoms with Gasteiger partial charge in [0.1, 0.15) is 0 Å². The second-order valence-corrected chi connectivity index (χ2v) is 4.28. The fourth-order valence-electron chi connectivity index (χ4n) is 1.76. The Kier molecular flexibility index (Phi) is 5.05. The summed E-state index contributed by atoms with van der Waals surface area (Å²) >= 11 is 0. The highest BCUT2D eigenvalue weighted by Crippen LogP contribution is 2.06. The Morgan fingerprint density at radius 1 is 1.67 bits per heavy atom. The molecular weight excluding hydrogens is 192 g/mol. The van der Waals surface area contributed by atoms with Crippen LogP contribution in [0.2, 0.25) is 0 Å². The van der Waals surface area contributed by atoms with E-state index in [1.54, 1.807) is 7.11 Å². The molecule has 1 N–H and O–H groups in total. The number of nitrogens with one attached hydrogen (secondary N) is 1. The molecule has 1 amide bonds. The lowest BCUT2D eigenvalue weighted by molar-refractivity contribution is -0.132. The van der Waals surface area contributed by atoms with E-state index < -0.39 is 0 Å². The van der Waals surface area contributed by atoms with Crippen molar-refractivity contribution in [2.45, 2.75) is 38.8 Å². The van der Waals surface area contributed by atoms with Gasteiger partial charge in [0.25, 0.3) is 0 Å². The van der Waals surface area contributed by atoms with Gasteiger partial charge in [0.05, 0.1) is 6.10 Å². The predicted molar refractivity (Wildman–Crippen MR) is 59.7 cm³/mol. The third kappa shape index (κ3) is 4.18. The van der Waals surface area contributed by atoms with Crippen LogP contribution >= 0.6 is 0 Å². The van der Waals surface area contributed by atoms with Crippen LogP contribution in [0, 0.1) is 0 Å². The summed E-state index contributed by atoms with van der Waals surface area (Å²) in [6, 6.07) is 0.419. The SMILES string of the molecule is COC(C)CCC(=O)N1CCN[C@@H](C)C1. The maximum atomic E-state index is 11.8. The topological polar surface area (TPSA) is 41.6 Å². The lowest BCUT2D eigenvalue weighted by Gasteiger charge is -2.32. The van der Waals surface area contributed by atoms with Gasteiger partial charge in [0, 0.05) is 39.2 Å². The fraction of sp³-hybridized carbons (Fsp3) is 0.909. The summed E-state index contributed by atoms with van der Waals surface area (Å²) in [6.45, 7) is 6.68. The number of piperazine rings is 1. The Balaban J connectivity index is 2.26. The molecule has 4 heteroatoms. The number of nitrogens with zero attached hydrogens (tertiary/aromatic N) is 1. The molecule has 0 bridgehead atoms. The van der Waals surface area contributed by atoms with E-state index in [0.29, 0.717) is 12.5 Å². The van der Waals surface area contributed by atoms with Crippen molar-refractivity contribution in [3.63, 3.8) is 0 Å². The Hall–Kier alpha value is -0.610. The second kappa shape index (κ2) is 6.08. The van der Waals surface area contributed by atoms with E-state index in [2.05, 4.69) is 12.2 Å². The van der Waals surface area contributed by atoms with Gasteiger partial charge in [-0.25, -0.2) is 0 Å². The highest BCUT2D eigenvalue weighted by molar-refractivity contribution is 5.76. The molecule has 4 nitrogen and oxygen atoms in total. The summed E-state index contributed by atoms with van der Waals surface area (Å²) in [5, 5.41) is 3.32. The summed E-state index contributed by atoms with van der Waals surface area (Å²) in [6.07, 6.45) is 1.59. The lowest BCUT2D eigenvalue weighted by atomic mass is 10.1. The average molecular weight is 214 g/mol. The predicted octanol–water partition coefficient (Wildman–Crippen LogP) is 0.622. The number of rotatable bonds is 4. The molecule has 0 spiro atoms. The van der Waals surface area contributed by atoms with Crippen LogP contribution in [0.1, 0.15) is 26.7 Å². The molecule has 0 saturated carbocycles. The number of ether oxygens (including phenoxy) is 1. The van der Waals surface area contributed by atoms with E-state index in [1.165, 1.54) is 0 Å². The van der Waals surface area contributed by atoms with E-state index >= 15 is 0 Å². The van der Waals surface area contributed by atoms with Crippen LogP contribution in [-0.4, -0.2) is 49.7 Å². The van der Waals surface area contributed by atoms with Crippen molar-refractivity contribution in [1.82, 2.24) is 10.2 Å². The Labute approximate surface area is 92.0 Å². The van der Waals surface area contributed by atoms with Crippen molar-refractivity contribution in [2.24, 2.45) is 0 Å². The molecule has 1 heterocycles. The van der Waals surface area contributed by atoms with Gasteiger partial charge in [-0.1, -0.05) is 0 Å². The minimum Gasteiger partial charge on any atom is -0.382 e. The molecule has 0 aliphatic carbocycles. The molecule has 1 rings (SSSR count). The quantitative estimate of drug-likeness (QED) is 0.746. The number of carbonyl (C=O) groups is 1. The van der Waals surface area contributed by atoms with Gasteiger partial charge in [-0.2, -0.15) is 0 Å². The first-order chi connectivity index (χ1) is 7.13. The molecule has 2 atom stereocenters. The van der Waals surface area contributed by atoms with Gasteiger partial charge in [0.2, 0.25) is 5.91 Å². The van der Waals surface area contributed by atoms with Crippen LogP contribution in [0.4, 0.5) is 0 Å². The van der Waals surface area contributed by atoms with E-state index in [0.717, 1.165) is 26.1 Å². The standard InChI is InChI=1S/C11H22N2O2/c1-9-8-13(7-6-12-9)11(14)5-4-10(2)15-3/h9-10,12H,4-8H2,1-3H3/t9-,10?/m0/s1. The van der Waals surface area contributed by atoms with Crippen molar-refractivity contribution in [3.05, 3.63) is 0 Å². The van der Waals surface area contributed by atoms with Crippen molar-refractivity contribution < 1.29 is 9.53 Å². The molecule has 1 aliphatic rings. The molecule has 88 valence electrons. The van der Waals surface area contributed by atoms with E-state index in [4.69, 9.17) is 4.74 Å². The molecule has 15 heavy (non-hydrogen) atoms.